The van der Waals surface area contributed by atoms with Gasteiger partial charge in [0.05, 0.1) is 0 Å². The first-order valence-corrected chi connectivity index (χ1v) is 6.48. The third-order valence-electron chi connectivity index (χ3n) is 3.12. The maximum Gasteiger partial charge on any atom is 0.243 e. The second-order valence-electron chi connectivity index (χ2n) is 4.46. The lowest BCUT2D eigenvalue weighted by molar-refractivity contribution is 0.950. The van der Waals surface area contributed by atoms with Crippen molar-refractivity contribution in [2.75, 3.05) is 5.32 Å². The van der Waals surface area contributed by atoms with E-state index in [2.05, 4.69) is 46.6 Å². The molecule has 3 aromatic rings. The molecule has 4 heteroatoms. The van der Waals surface area contributed by atoms with E-state index in [0.717, 1.165) is 18.6 Å². The van der Waals surface area contributed by atoms with Gasteiger partial charge in [-0.2, -0.15) is 4.98 Å². The van der Waals surface area contributed by atoms with Gasteiger partial charge in [-0.1, -0.05) is 37.3 Å². The van der Waals surface area contributed by atoms with Crippen LogP contribution in [0.2, 0.25) is 0 Å². The Morgan fingerprint density at radius 1 is 1.05 bits per heavy atom. The van der Waals surface area contributed by atoms with Crippen LogP contribution in [0.15, 0.2) is 48.7 Å². The molecule has 1 N–H and O–H groups in total. The van der Waals surface area contributed by atoms with Crippen LogP contribution in [0.25, 0.3) is 5.65 Å². The van der Waals surface area contributed by atoms with Crippen LogP contribution in [-0.4, -0.2) is 14.6 Å². The van der Waals surface area contributed by atoms with Gasteiger partial charge in [-0.05, 0) is 29.7 Å². The smallest absolute Gasteiger partial charge is 0.243 e. The summed E-state index contributed by atoms with van der Waals surface area (Å²) in [4.78, 5) is 4.40. The second-order valence-corrected chi connectivity index (χ2v) is 4.46. The van der Waals surface area contributed by atoms with Gasteiger partial charge in [0.15, 0.2) is 5.65 Å². The van der Waals surface area contributed by atoms with Gasteiger partial charge >= 0.3 is 0 Å². The van der Waals surface area contributed by atoms with Crippen LogP contribution in [0.5, 0.6) is 0 Å². The van der Waals surface area contributed by atoms with Crippen molar-refractivity contribution in [3.63, 3.8) is 0 Å². The average Bonchev–Trinajstić information content (AvgIpc) is 2.88. The summed E-state index contributed by atoms with van der Waals surface area (Å²) >= 11 is 0. The van der Waals surface area contributed by atoms with Gasteiger partial charge in [0.25, 0.3) is 0 Å². The Labute approximate surface area is 112 Å². The molecular formula is C15H16N4. The molecule has 0 amide bonds. The van der Waals surface area contributed by atoms with Crippen molar-refractivity contribution >= 4 is 11.6 Å². The number of hydrogen-bond donors (Lipinski definition) is 1. The zero-order valence-electron chi connectivity index (χ0n) is 10.9. The number of anilines is 1. The first-order chi connectivity index (χ1) is 9.35. The molecule has 0 aliphatic rings. The number of pyridine rings is 1. The Morgan fingerprint density at radius 2 is 1.84 bits per heavy atom. The molecule has 4 nitrogen and oxygen atoms in total. The van der Waals surface area contributed by atoms with E-state index in [9.17, 15) is 0 Å². The summed E-state index contributed by atoms with van der Waals surface area (Å²) in [5.74, 6) is 0.658. The van der Waals surface area contributed by atoms with Crippen molar-refractivity contribution in [1.29, 1.82) is 0 Å². The zero-order chi connectivity index (χ0) is 13.1. The van der Waals surface area contributed by atoms with E-state index in [4.69, 9.17) is 0 Å². The molecule has 0 atom stereocenters. The fraction of sp³-hybridized carbons (Fsp3) is 0.200. The predicted octanol–water partition coefficient (Wildman–Crippen LogP) is 2.90. The molecule has 2 aromatic heterocycles. The maximum absolute atomic E-state index is 4.40. The summed E-state index contributed by atoms with van der Waals surface area (Å²) in [6.45, 7) is 2.90. The van der Waals surface area contributed by atoms with E-state index in [0.29, 0.717) is 5.95 Å². The van der Waals surface area contributed by atoms with Crippen LogP contribution >= 0.6 is 0 Å². The first-order valence-electron chi connectivity index (χ1n) is 6.48. The lowest BCUT2D eigenvalue weighted by atomic mass is 10.1. The van der Waals surface area contributed by atoms with Crippen LogP contribution < -0.4 is 5.32 Å². The summed E-state index contributed by atoms with van der Waals surface area (Å²) in [6, 6.07) is 14.4. The number of nitrogens with one attached hydrogen (secondary N) is 1. The maximum atomic E-state index is 4.40. The average molecular weight is 252 g/mol. The van der Waals surface area contributed by atoms with E-state index in [-0.39, 0.29) is 0 Å². The highest BCUT2D eigenvalue weighted by Gasteiger charge is 2.01. The Kier molecular flexibility index (Phi) is 3.14. The van der Waals surface area contributed by atoms with Crippen LogP contribution in [0.3, 0.4) is 0 Å². The van der Waals surface area contributed by atoms with Crippen molar-refractivity contribution in [2.45, 2.75) is 19.9 Å². The largest absolute Gasteiger partial charge is 0.349 e. The Balaban J connectivity index is 1.70. The van der Waals surface area contributed by atoms with E-state index >= 15 is 0 Å². The highest BCUT2D eigenvalue weighted by Crippen LogP contribution is 2.08. The summed E-state index contributed by atoms with van der Waals surface area (Å²) < 4.78 is 1.77. The van der Waals surface area contributed by atoms with Gasteiger partial charge in [-0.15, -0.1) is 5.10 Å². The van der Waals surface area contributed by atoms with E-state index < -0.39 is 0 Å². The molecule has 0 bridgehead atoms. The van der Waals surface area contributed by atoms with Gasteiger partial charge in [-0.25, -0.2) is 4.52 Å². The number of benzene rings is 1. The summed E-state index contributed by atoms with van der Waals surface area (Å²) in [7, 11) is 0. The number of rotatable bonds is 4. The zero-order valence-corrected chi connectivity index (χ0v) is 10.9. The van der Waals surface area contributed by atoms with Crippen molar-refractivity contribution in [3.05, 3.63) is 59.8 Å². The summed E-state index contributed by atoms with van der Waals surface area (Å²) in [6.07, 6.45) is 2.96. The monoisotopic (exact) mass is 252 g/mol. The fourth-order valence-electron chi connectivity index (χ4n) is 1.98. The molecular weight excluding hydrogens is 236 g/mol. The molecule has 0 unspecified atom stereocenters. The van der Waals surface area contributed by atoms with Crippen LogP contribution in [0, 0.1) is 0 Å². The predicted molar refractivity (Wildman–Crippen MR) is 76.1 cm³/mol. The quantitative estimate of drug-likeness (QED) is 0.776. The van der Waals surface area contributed by atoms with Gasteiger partial charge in [-0.3, -0.25) is 0 Å². The molecule has 0 saturated carbocycles. The second kappa shape index (κ2) is 5.10. The third kappa shape index (κ3) is 2.57. The van der Waals surface area contributed by atoms with Crippen molar-refractivity contribution < 1.29 is 0 Å². The minimum Gasteiger partial charge on any atom is -0.349 e. The molecule has 0 radical (unpaired) electrons. The molecule has 0 spiro atoms. The Hall–Kier alpha value is -2.36. The SMILES string of the molecule is CCc1ccc(CNc2nc3ccccn3n2)cc1. The molecule has 0 aliphatic heterocycles. The first kappa shape index (κ1) is 11.7. The number of aryl methyl sites for hydroxylation is 1. The third-order valence-corrected chi connectivity index (χ3v) is 3.12. The van der Waals surface area contributed by atoms with Crippen molar-refractivity contribution in [1.82, 2.24) is 14.6 Å². The van der Waals surface area contributed by atoms with Crippen molar-refractivity contribution in [3.8, 4) is 0 Å². The Bertz CT molecular complexity index is 637. The molecule has 2 heterocycles. The van der Waals surface area contributed by atoms with E-state index in [1.54, 1.807) is 4.52 Å². The Morgan fingerprint density at radius 3 is 2.58 bits per heavy atom. The number of aromatic nitrogens is 3. The van der Waals surface area contributed by atoms with Gasteiger partial charge in [0.2, 0.25) is 5.95 Å². The van der Waals surface area contributed by atoms with Crippen LogP contribution in [0.4, 0.5) is 5.95 Å². The summed E-state index contributed by atoms with van der Waals surface area (Å²) in [5.41, 5.74) is 3.44. The number of hydrogen-bond acceptors (Lipinski definition) is 3. The number of fused-ring (bicyclic) bond motifs is 1. The molecule has 3 rings (SSSR count). The molecule has 1 aromatic carbocycles. The fourth-order valence-corrected chi connectivity index (χ4v) is 1.98. The minimum absolute atomic E-state index is 0.658. The summed E-state index contributed by atoms with van der Waals surface area (Å²) in [5, 5.41) is 7.60. The highest BCUT2D eigenvalue weighted by molar-refractivity contribution is 5.43. The minimum atomic E-state index is 0.658. The number of nitrogens with zero attached hydrogens (tertiary/aromatic N) is 3. The topological polar surface area (TPSA) is 42.2 Å². The van der Waals surface area contributed by atoms with Crippen LogP contribution in [0.1, 0.15) is 18.1 Å². The lowest BCUT2D eigenvalue weighted by Gasteiger charge is -2.03. The van der Waals surface area contributed by atoms with E-state index in [1.807, 2.05) is 24.4 Å². The molecule has 0 saturated heterocycles. The van der Waals surface area contributed by atoms with E-state index in [1.165, 1.54) is 11.1 Å². The van der Waals surface area contributed by atoms with Gasteiger partial charge in [0, 0.05) is 12.7 Å². The highest BCUT2D eigenvalue weighted by atomic mass is 15.3. The molecule has 96 valence electrons. The molecule has 19 heavy (non-hydrogen) atoms. The molecule has 0 aliphatic carbocycles. The normalized spacial score (nSPS) is 10.8. The van der Waals surface area contributed by atoms with Gasteiger partial charge in [0.1, 0.15) is 0 Å². The lowest BCUT2D eigenvalue weighted by Crippen LogP contribution is -2.01. The van der Waals surface area contributed by atoms with Gasteiger partial charge < -0.3 is 5.32 Å². The van der Waals surface area contributed by atoms with Crippen molar-refractivity contribution in [2.24, 2.45) is 0 Å². The van der Waals surface area contributed by atoms with Crippen LogP contribution in [-0.2, 0) is 13.0 Å². The molecule has 0 fully saturated rings. The standard InChI is InChI=1S/C15H16N4/c1-2-12-6-8-13(9-7-12)11-16-15-17-14-5-3-4-10-19(14)18-15/h3-10H,2,11H2,1H3,(H,16,18).